The molecule has 1 saturated heterocycles. The molecule has 1 amide bonds. The Kier molecular flexibility index (Phi) is 7.33. The molecule has 0 unspecified atom stereocenters. The fourth-order valence-electron chi connectivity index (χ4n) is 3.06. The lowest BCUT2D eigenvalue weighted by Crippen LogP contribution is -2.36. The first kappa shape index (κ1) is 23.1. The molecule has 3 N–H and O–H groups in total. The molecule has 0 aromatic heterocycles. The molecule has 10 nitrogen and oxygen atoms in total. The summed E-state index contributed by atoms with van der Waals surface area (Å²) in [5.74, 6) is -1.38. The van der Waals surface area contributed by atoms with Gasteiger partial charge in [0.25, 0.3) is 10.0 Å². The van der Waals surface area contributed by atoms with Crippen molar-refractivity contribution in [2.24, 2.45) is 0 Å². The van der Waals surface area contributed by atoms with Crippen molar-refractivity contribution >= 4 is 39.0 Å². The zero-order valence-corrected chi connectivity index (χ0v) is 18.1. The van der Waals surface area contributed by atoms with Crippen LogP contribution >= 0.6 is 0 Å². The number of hydrogen-bond donors (Lipinski definition) is 3. The number of rotatable bonds is 8. The molecule has 0 bridgehead atoms. The summed E-state index contributed by atoms with van der Waals surface area (Å²) in [7, 11) is -2.45. The maximum Gasteiger partial charge on any atom is 0.328 e. The number of benzene rings is 2. The highest BCUT2D eigenvalue weighted by molar-refractivity contribution is 7.92. The molecule has 0 aliphatic carbocycles. The number of ether oxygens (including phenoxy) is 2. The number of carbonyl (C=O) groups is 2. The van der Waals surface area contributed by atoms with Crippen molar-refractivity contribution in [1.29, 1.82) is 0 Å². The molecule has 3 rings (SSSR count). The minimum Gasteiger partial charge on any atom is -0.497 e. The molecule has 32 heavy (non-hydrogen) atoms. The van der Waals surface area contributed by atoms with Crippen LogP contribution in [0.1, 0.15) is 0 Å². The average Bonchev–Trinajstić information content (AvgIpc) is 2.78. The largest absolute Gasteiger partial charge is 0.497 e. The van der Waals surface area contributed by atoms with Gasteiger partial charge in [-0.1, -0.05) is 0 Å². The van der Waals surface area contributed by atoms with Gasteiger partial charge in [0.05, 0.1) is 36.6 Å². The standard InChI is InChI=1S/C21H23N3O7S/c1-30-16-4-2-15(3-5-16)23-32(28,29)17-6-7-19(24-10-12-31-13-11-24)18(14-17)22-20(25)8-9-21(26)27/h2-9,14,23H,10-13H2,1H3,(H,22,25)(H,26,27)/b9-8+. The second-order valence-corrected chi connectivity index (χ2v) is 8.46. The summed E-state index contributed by atoms with van der Waals surface area (Å²) in [6, 6.07) is 10.8. The smallest absolute Gasteiger partial charge is 0.328 e. The Hall–Kier alpha value is -3.57. The van der Waals surface area contributed by atoms with Crippen LogP contribution in [0.4, 0.5) is 17.1 Å². The van der Waals surface area contributed by atoms with E-state index >= 15 is 0 Å². The quantitative estimate of drug-likeness (QED) is 0.508. The van der Waals surface area contributed by atoms with Gasteiger partial charge in [-0.05, 0) is 42.5 Å². The molecule has 1 fully saturated rings. The van der Waals surface area contributed by atoms with Crippen LogP contribution in [0.25, 0.3) is 0 Å². The van der Waals surface area contributed by atoms with E-state index in [1.165, 1.54) is 19.2 Å². The number of aliphatic carboxylic acids is 1. The van der Waals surface area contributed by atoms with Crippen LogP contribution in [-0.4, -0.2) is 58.8 Å². The summed E-state index contributed by atoms with van der Waals surface area (Å²) < 4.78 is 38.7. The van der Waals surface area contributed by atoms with Crippen molar-refractivity contribution < 1.29 is 32.6 Å². The Labute approximate surface area is 185 Å². The number of nitrogens with one attached hydrogen (secondary N) is 2. The number of carbonyl (C=O) groups excluding carboxylic acids is 1. The molecular weight excluding hydrogens is 438 g/mol. The monoisotopic (exact) mass is 461 g/mol. The number of methoxy groups -OCH3 is 1. The van der Waals surface area contributed by atoms with E-state index < -0.39 is 21.9 Å². The van der Waals surface area contributed by atoms with E-state index in [1.807, 2.05) is 4.90 Å². The Morgan fingerprint density at radius 3 is 2.41 bits per heavy atom. The maximum absolute atomic E-state index is 12.9. The van der Waals surface area contributed by atoms with E-state index in [1.54, 1.807) is 30.3 Å². The highest BCUT2D eigenvalue weighted by atomic mass is 32.2. The molecule has 1 aliphatic rings. The Morgan fingerprint density at radius 1 is 1.09 bits per heavy atom. The van der Waals surface area contributed by atoms with Crippen molar-refractivity contribution in [1.82, 2.24) is 0 Å². The highest BCUT2D eigenvalue weighted by Crippen LogP contribution is 2.30. The van der Waals surface area contributed by atoms with Crippen molar-refractivity contribution in [3.8, 4) is 5.75 Å². The third-order valence-corrected chi connectivity index (χ3v) is 5.99. The van der Waals surface area contributed by atoms with Gasteiger partial charge in [0.15, 0.2) is 0 Å². The van der Waals surface area contributed by atoms with Gasteiger partial charge in [-0.25, -0.2) is 13.2 Å². The summed E-state index contributed by atoms with van der Waals surface area (Å²) in [5, 5.41) is 11.3. The molecule has 0 radical (unpaired) electrons. The Morgan fingerprint density at radius 2 is 1.78 bits per heavy atom. The predicted molar refractivity (Wildman–Crippen MR) is 119 cm³/mol. The molecule has 0 saturated carbocycles. The normalized spacial score (nSPS) is 14.2. The fourth-order valence-corrected chi connectivity index (χ4v) is 4.14. The fraction of sp³-hybridized carbons (Fsp3) is 0.238. The number of amides is 1. The Balaban J connectivity index is 1.91. The third-order valence-electron chi connectivity index (χ3n) is 4.61. The highest BCUT2D eigenvalue weighted by Gasteiger charge is 2.21. The lowest BCUT2D eigenvalue weighted by atomic mass is 10.2. The lowest BCUT2D eigenvalue weighted by Gasteiger charge is -2.30. The minimum atomic E-state index is -3.96. The zero-order chi connectivity index (χ0) is 23.1. The van der Waals surface area contributed by atoms with E-state index in [0.29, 0.717) is 49.5 Å². The van der Waals surface area contributed by atoms with Gasteiger partial charge in [0.1, 0.15) is 5.75 Å². The number of carboxylic acids is 1. The number of morpholine rings is 1. The first-order chi connectivity index (χ1) is 15.3. The summed E-state index contributed by atoms with van der Waals surface area (Å²) in [6.45, 7) is 2.10. The predicted octanol–water partition coefficient (Wildman–Crippen LogP) is 1.91. The van der Waals surface area contributed by atoms with Gasteiger partial charge in [-0.3, -0.25) is 9.52 Å². The van der Waals surface area contributed by atoms with E-state index in [-0.39, 0.29) is 10.6 Å². The number of nitrogens with zero attached hydrogens (tertiary/aromatic N) is 1. The average molecular weight is 461 g/mol. The molecule has 1 heterocycles. The van der Waals surface area contributed by atoms with Gasteiger partial charge in [-0.2, -0.15) is 0 Å². The summed E-state index contributed by atoms with van der Waals surface area (Å²) in [6.07, 6.45) is 1.57. The lowest BCUT2D eigenvalue weighted by molar-refractivity contribution is -0.131. The van der Waals surface area contributed by atoms with Crippen molar-refractivity contribution in [3.05, 3.63) is 54.6 Å². The Bertz CT molecular complexity index is 1110. The molecule has 1 aliphatic heterocycles. The zero-order valence-electron chi connectivity index (χ0n) is 17.3. The van der Waals surface area contributed by atoms with E-state index in [4.69, 9.17) is 14.6 Å². The molecule has 11 heteroatoms. The van der Waals surface area contributed by atoms with Gasteiger partial charge in [-0.15, -0.1) is 0 Å². The van der Waals surface area contributed by atoms with Crippen molar-refractivity contribution in [2.75, 3.05) is 48.4 Å². The first-order valence-corrected chi connectivity index (χ1v) is 11.1. The van der Waals surface area contributed by atoms with Crippen LogP contribution in [0.15, 0.2) is 59.5 Å². The molecule has 0 spiro atoms. The second kappa shape index (κ2) is 10.2. The summed E-state index contributed by atoms with van der Waals surface area (Å²) in [4.78, 5) is 24.8. The van der Waals surface area contributed by atoms with Crippen molar-refractivity contribution in [3.63, 3.8) is 0 Å². The number of hydrogen-bond acceptors (Lipinski definition) is 7. The molecule has 0 atom stereocenters. The van der Waals surface area contributed by atoms with Crippen LogP contribution in [-0.2, 0) is 24.3 Å². The molecule has 170 valence electrons. The molecular formula is C21H23N3O7S. The number of sulfonamides is 1. The minimum absolute atomic E-state index is 0.0668. The number of anilines is 3. The van der Waals surface area contributed by atoms with Gasteiger partial charge in [0, 0.05) is 30.9 Å². The van der Waals surface area contributed by atoms with Crippen LogP contribution < -0.4 is 19.7 Å². The van der Waals surface area contributed by atoms with Crippen molar-refractivity contribution in [2.45, 2.75) is 4.90 Å². The van der Waals surface area contributed by atoms with Gasteiger partial charge < -0.3 is 24.8 Å². The van der Waals surface area contributed by atoms with E-state index in [9.17, 15) is 18.0 Å². The SMILES string of the molecule is COc1ccc(NS(=O)(=O)c2ccc(N3CCOCC3)c(NC(=O)/C=C/C(=O)O)c2)cc1. The first-order valence-electron chi connectivity index (χ1n) is 9.64. The molecule has 2 aromatic rings. The topological polar surface area (TPSA) is 134 Å². The second-order valence-electron chi connectivity index (χ2n) is 6.77. The maximum atomic E-state index is 12.9. The summed E-state index contributed by atoms with van der Waals surface area (Å²) >= 11 is 0. The third kappa shape index (κ3) is 5.99. The summed E-state index contributed by atoms with van der Waals surface area (Å²) in [5.41, 5.74) is 1.19. The van der Waals surface area contributed by atoms with Crippen LogP contribution in [0.2, 0.25) is 0 Å². The van der Waals surface area contributed by atoms with Crippen LogP contribution in [0.3, 0.4) is 0 Å². The van der Waals surface area contributed by atoms with Crippen LogP contribution in [0.5, 0.6) is 5.75 Å². The van der Waals surface area contributed by atoms with Gasteiger partial charge >= 0.3 is 5.97 Å². The number of carboxylic acid groups (broad SMARTS) is 1. The van der Waals surface area contributed by atoms with Crippen LogP contribution in [0, 0.1) is 0 Å². The van der Waals surface area contributed by atoms with E-state index in [2.05, 4.69) is 10.0 Å². The van der Waals surface area contributed by atoms with Gasteiger partial charge in [0.2, 0.25) is 5.91 Å². The van der Waals surface area contributed by atoms with E-state index in [0.717, 1.165) is 6.08 Å². The molecule has 2 aromatic carbocycles.